The number of pyridine rings is 1. The van der Waals surface area contributed by atoms with E-state index in [2.05, 4.69) is 16.5 Å². The maximum atomic E-state index is 13.1. The minimum absolute atomic E-state index is 0.177. The zero-order chi connectivity index (χ0) is 23.5. The number of anilines is 2. The van der Waals surface area contributed by atoms with Gasteiger partial charge in [-0.2, -0.15) is 10.4 Å². The molecular weight excluding hydrogens is 416 g/mol. The SMILES string of the molecule is C[C@H](N)C(=O)Nc1ccc(-c2cnn3ccc(C(=O)N(C)c4ccc(C#N)cc4)cc23)cc1. The standard InChI is InChI=1S/C25H22N6O2/c1-16(27)24(32)29-20-7-5-18(6-8-20)22-15-28-31-12-11-19(13-23(22)31)25(33)30(2)21-9-3-17(14-26)4-10-21/h3-13,15-16H,27H2,1-2H3,(H,29,32)/t16-/m0/s1. The van der Waals surface area contributed by atoms with Gasteiger partial charge in [0.1, 0.15) is 0 Å². The lowest BCUT2D eigenvalue weighted by Gasteiger charge is -2.17. The van der Waals surface area contributed by atoms with Crippen molar-refractivity contribution in [2.75, 3.05) is 17.3 Å². The fourth-order valence-electron chi connectivity index (χ4n) is 3.40. The fourth-order valence-corrected chi connectivity index (χ4v) is 3.40. The number of hydrogen-bond acceptors (Lipinski definition) is 5. The average Bonchev–Trinajstić information content (AvgIpc) is 3.27. The van der Waals surface area contributed by atoms with E-state index < -0.39 is 6.04 Å². The first-order chi connectivity index (χ1) is 15.9. The van der Waals surface area contributed by atoms with Gasteiger partial charge in [0.15, 0.2) is 0 Å². The number of nitrogens with two attached hydrogens (primary N) is 1. The van der Waals surface area contributed by atoms with Gasteiger partial charge in [0, 0.05) is 35.7 Å². The molecule has 2 aromatic carbocycles. The highest BCUT2D eigenvalue weighted by atomic mass is 16.2. The van der Waals surface area contributed by atoms with Crippen LogP contribution in [-0.2, 0) is 4.79 Å². The van der Waals surface area contributed by atoms with E-state index in [9.17, 15) is 9.59 Å². The van der Waals surface area contributed by atoms with Crippen molar-refractivity contribution in [1.82, 2.24) is 9.61 Å². The lowest BCUT2D eigenvalue weighted by atomic mass is 10.1. The molecule has 0 aliphatic rings. The summed E-state index contributed by atoms with van der Waals surface area (Å²) in [6, 6.07) is 19.2. The summed E-state index contributed by atoms with van der Waals surface area (Å²) in [5.74, 6) is -0.434. The van der Waals surface area contributed by atoms with Crippen molar-refractivity contribution in [3.05, 3.63) is 84.2 Å². The van der Waals surface area contributed by atoms with Crippen LogP contribution in [0, 0.1) is 11.3 Å². The van der Waals surface area contributed by atoms with E-state index in [1.165, 1.54) is 0 Å². The lowest BCUT2D eigenvalue weighted by molar-refractivity contribution is -0.117. The molecule has 164 valence electrons. The zero-order valence-electron chi connectivity index (χ0n) is 18.2. The first-order valence-corrected chi connectivity index (χ1v) is 10.3. The monoisotopic (exact) mass is 438 g/mol. The third-order valence-corrected chi connectivity index (χ3v) is 5.33. The van der Waals surface area contributed by atoms with Crippen LogP contribution in [-0.4, -0.2) is 34.5 Å². The van der Waals surface area contributed by atoms with Crippen molar-refractivity contribution in [3.63, 3.8) is 0 Å². The third-order valence-electron chi connectivity index (χ3n) is 5.33. The van der Waals surface area contributed by atoms with Crippen molar-refractivity contribution >= 4 is 28.7 Å². The predicted molar refractivity (Wildman–Crippen MR) is 127 cm³/mol. The minimum atomic E-state index is -0.595. The molecule has 0 bridgehead atoms. The second-order valence-electron chi connectivity index (χ2n) is 7.68. The Morgan fingerprint density at radius 2 is 1.82 bits per heavy atom. The maximum Gasteiger partial charge on any atom is 0.258 e. The van der Waals surface area contributed by atoms with Crippen molar-refractivity contribution in [2.45, 2.75) is 13.0 Å². The Balaban J connectivity index is 1.61. The van der Waals surface area contributed by atoms with Crippen molar-refractivity contribution in [3.8, 4) is 17.2 Å². The van der Waals surface area contributed by atoms with E-state index in [1.807, 2.05) is 12.1 Å². The van der Waals surface area contributed by atoms with E-state index in [1.54, 1.807) is 84.3 Å². The summed E-state index contributed by atoms with van der Waals surface area (Å²) < 4.78 is 1.71. The molecule has 0 saturated carbocycles. The van der Waals surface area contributed by atoms with E-state index in [0.29, 0.717) is 22.5 Å². The highest BCUT2D eigenvalue weighted by molar-refractivity contribution is 6.06. The van der Waals surface area contributed by atoms with Crippen LogP contribution < -0.4 is 16.0 Å². The molecule has 0 fully saturated rings. The Kier molecular flexibility index (Phi) is 5.89. The number of rotatable bonds is 5. The van der Waals surface area contributed by atoms with Gasteiger partial charge in [0.2, 0.25) is 5.91 Å². The molecule has 2 amide bonds. The number of benzene rings is 2. The van der Waals surface area contributed by atoms with Gasteiger partial charge in [-0.3, -0.25) is 9.59 Å². The number of nitrogens with one attached hydrogen (secondary N) is 1. The van der Waals surface area contributed by atoms with Crippen LogP contribution in [0.15, 0.2) is 73.1 Å². The summed E-state index contributed by atoms with van der Waals surface area (Å²) in [7, 11) is 1.69. The molecule has 0 saturated heterocycles. The van der Waals surface area contributed by atoms with Gasteiger partial charge in [-0.05, 0) is 61.0 Å². The summed E-state index contributed by atoms with van der Waals surface area (Å²) >= 11 is 0. The second-order valence-corrected chi connectivity index (χ2v) is 7.68. The number of amides is 2. The molecule has 0 spiro atoms. The number of nitrogens with zero attached hydrogens (tertiary/aromatic N) is 4. The number of nitriles is 1. The van der Waals surface area contributed by atoms with Crippen LogP contribution in [0.3, 0.4) is 0 Å². The summed E-state index contributed by atoms with van der Waals surface area (Å²) in [5, 5.41) is 16.1. The van der Waals surface area contributed by atoms with Crippen molar-refractivity contribution < 1.29 is 9.59 Å². The topological polar surface area (TPSA) is 117 Å². The van der Waals surface area contributed by atoms with Gasteiger partial charge in [0.25, 0.3) is 5.91 Å². The third kappa shape index (κ3) is 4.44. The first kappa shape index (κ1) is 21.7. The summed E-state index contributed by atoms with van der Waals surface area (Å²) in [6.45, 7) is 1.63. The van der Waals surface area contributed by atoms with Crippen molar-refractivity contribution in [1.29, 1.82) is 5.26 Å². The average molecular weight is 438 g/mol. The molecule has 2 heterocycles. The highest BCUT2D eigenvalue weighted by Crippen LogP contribution is 2.27. The molecular formula is C25H22N6O2. The Morgan fingerprint density at radius 3 is 2.45 bits per heavy atom. The molecule has 0 radical (unpaired) electrons. The Labute approximate surface area is 190 Å². The number of carbonyl (C=O) groups excluding carboxylic acids is 2. The molecule has 33 heavy (non-hydrogen) atoms. The van der Waals surface area contributed by atoms with Crippen LogP contribution in [0.1, 0.15) is 22.8 Å². The quantitative estimate of drug-likeness (QED) is 0.495. The number of carbonyl (C=O) groups is 2. The maximum absolute atomic E-state index is 13.1. The van der Waals surface area contributed by atoms with Gasteiger partial charge in [-0.25, -0.2) is 4.52 Å². The van der Waals surface area contributed by atoms with Crippen LogP contribution in [0.4, 0.5) is 11.4 Å². The fraction of sp³-hybridized carbons (Fsp3) is 0.120. The van der Waals surface area contributed by atoms with Gasteiger partial charge in [-0.15, -0.1) is 0 Å². The van der Waals surface area contributed by atoms with Gasteiger partial charge >= 0.3 is 0 Å². The van der Waals surface area contributed by atoms with Gasteiger partial charge in [0.05, 0.1) is 29.4 Å². The lowest BCUT2D eigenvalue weighted by Crippen LogP contribution is -2.32. The van der Waals surface area contributed by atoms with Gasteiger partial charge in [-0.1, -0.05) is 12.1 Å². The van der Waals surface area contributed by atoms with Crippen LogP contribution >= 0.6 is 0 Å². The molecule has 4 rings (SSSR count). The van der Waals surface area contributed by atoms with E-state index in [0.717, 1.165) is 16.6 Å². The summed E-state index contributed by atoms with van der Waals surface area (Å²) in [4.78, 5) is 26.4. The van der Waals surface area contributed by atoms with Crippen LogP contribution in [0.2, 0.25) is 0 Å². The molecule has 0 aliphatic heterocycles. The van der Waals surface area contributed by atoms with Crippen LogP contribution in [0.25, 0.3) is 16.6 Å². The first-order valence-electron chi connectivity index (χ1n) is 10.3. The van der Waals surface area contributed by atoms with E-state index in [-0.39, 0.29) is 11.8 Å². The molecule has 8 nitrogen and oxygen atoms in total. The van der Waals surface area contributed by atoms with Crippen molar-refractivity contribution in [2.24, 2.45) is 5.73 Å². The van der Waals surface area contributed by atoms with E-state index in [4.69, 9.17) is 11.0 Å². The summed E-state index contributed by atoms with van der Waals surface area (Å²) in [5.41, 5.74) is 10.5. The van der Waals surface area contributed by atoms with Gasteiger partial charge < -0.3 is 16.0 Å². The number of fused-ring (bicyclic) bond motifs is 1. The van der Waals surface area contributed by atoms with Crippen LogP contribution in [0.5, 0.6) is 0 Å². The molecule has 8 heteroatoms. The Hall–Kier alpha value is -4.48. The largest absolute Gasteiger partial charge is 0.325 e. The highest BCUT2D eigenvalue weighted by Gasteiger charge is 2.16. The molecule has 3 N–H and O–H groups in total. The molecule has 4 aromatic rings. The smallest absolute Gasteiger partial charge is 0.258 e. The summed E-state index contributed by atoms with van der Waals surface area (Å²) in [6.07, 6.45) is 3.49. The number of hydrogen-bond donors (Lipinski definition) is 2. The normalized spacial score (nSPS) is 11.6. The predicted octanol–water partition coefficient (Wildman–Crippen LogP) is 3.44. The Bertz CT molecular complexity index is 1370. The molecule has 2 aromatic heterocycles. The molecule has 1 atom stereocenters. The molecule has 0 unspecified atom stereocenters. The number of aromatic nitrogens is 2. The molecule has 0 aliphatic carbocycles. The zero-order valence-corrected chi connectivity index (χ0v) is 18.2. The Morgan fingerprint density at radius 1 is 1.12 bits per heavy atom. The van der Waals surface area contributed by atoms with E-state index >= 15 is 0 Å². The minimum Gasteiger partial charge on any atom is -0.325 e. The second kappa shape index (κ2) is 8.94.